The van der Waals surface area contributed by atoms with Gasteiger partial charge in [-0.15, -0.1) is 0 Å². The highest BCUT2D eigenvalue weighted by Gasteiger charge is 2.26. The quantitative estimate of drug-likeness (QED) is 0.271. The number of nitrogens with one attached hydrogen (secondary N) is 4. The number of rotatable bonds is 8. The molecule has 0 aromatic carbocycles. The molecule has 0 unspecified atom stereocenters. The molecule has 14 heteroatoms. The maximum absolute atomic E-state index is 12.3. The summed E-state index contributed by atoms with van der Waals surface area (Å²) in [5.74, 6) is 0.351. The summed E-state index contributed by atoms with van der Waals surface area (Å²) >= 11 is 0. The van der Waals surface area contributed by atoms with Crippen molar-refractivity contribution in [1.29, 1.82) is 0 Å². The Hall–Kier alpha value is -3.26. The van der Waals surface area contributed by atoms with Crippen LogP contribution in [0.4, 0.5) is 5.95 Å². The zero-order chi connectivity index (χ0) is 25.4. The molecular weight excluding hydrogens is 486 g/mol. The van der Waals surface area contributed by atoms with Gasteiger partial charge in [-0.05, 0) is 50.5 Å². The van der Waals surface area contributed by atoms with Crippen LogP contribution < -0.4 is 26.6 Å². The van der Waals surface area contributed by atoms with E-state index in [-0.39, 0.29) is 41.4 Å². The first-order valence-electron chi connectivity index (χ1n) is 12.2. The van der Waals surface area contributed by atoms with Crippen molar-refractivity contribution in [2.75, 3.05) is 11.1 Å². The molecule has 0 spiro atoms. The molecule has 0 amide bonds. The third-order valence-electron chi connectivity index (χ3n) is 6.22. The van der Waals surface area contributed by atoms with E-state index < -0.39 is 15.7 Å². The van der Waals surface area contributed by atoms with E-state index in [4.69, 9.17) is 0 Å². The molecule has 3 aromatic rings. The summed E-state index contributed by atoms with van der Waals surface area (Å²) in [4.78, 5) is 30.3. The molecule has 2 saturated carbocycles. The predicted molar refractivity (Wildman–Crippen MR) is 133 cm³/mol. The lowest BCUT2D eigenvalue weighted by molar-refractivity contribution is 0.385. The molecule has 0 aliphatic heterocycles. The summed E-state index contributed by atoms with van der Waals surface area (Å²) in [5.41, 5.74) is 0.635. The van der Waals surface area contributed by atoms with Gasteiger partial charge < -0.3 is 15.4 Å². The van der Waals surface area contributed by atoms with E-state index >= 15 is 0 Å². The van der Waals surface area contributed by atoms with Crippen LogP contribution in [0.25, 0.3) is 11.7 Å². The summed E-state index contributed by atoms with van der Waals surface area (Å²) in [5, 5.41) is 18.3. The van der Waals surface area contributed by atoms with Gasteiger partial charge in [-0.3, -0.25) is 4.98 Å². The van der Waals surface area contributed by atoms with Crippen molar-refractivity contribution in [3.63, 3.8) is 0 Å². The Kier molecular flexibility index (Phi) is 6.55. The minimum atomic E-state index is -3.28. The molecule has 36 heavy (non-hydrogen) atoms. The van der Waals surface area contributed by atoms with Crippen LogP contribution in [0.3, 0.4) is 0 Å². The molecule has 194 valence electrons. The Labute approximate surface area is 207 Å². The first-order chi connectivity index (χ1) is 17.1. The lowest BCUT2D eigenvalue weighted by Gasteiger charge is -2.29. The van der Waals surface area contributed by atoms with E-state index in [0.29, 0.717) is 22.4 Å². The van der Waals surface area contributed by atoms with Gasteiger partial charge in [0.1, 0.15) is 5.69 Å². The van der Waals surface area contributed by atoms with E-state index in [1.807, 2.05) is 13.8 Å². The number of H-pyrrole nitrogens is 2. The molecule has 0 radical (unpaired) electrons. The monoisotopic (exact) mass is 517 g/mol. The number of aromatic hydroxyl groups is 1. The van der Waals surface area contributed by atoms with Gasteiger partial charge in [0, 0.05) is 17.3 Å². The molecular formula is C22H31N9O4S. The van der Waals surface area contributed by atoms with Gasteiger partial charge in [0.05, 0.1) is 18.0 Å². The highest BCUT2D eigenvalue weighted by molar-refractivity contribution is 7.89. The van der Waals surface area contributed by atoms with Gasteiger partial charge in [0.15, 0.2) is 5.65 Å². The molecule has 2 fully saturated rings. The largest absolute Gasteiger partial charge is 0.493 e. The molecule has 5 N–H and O–H groups in total. The average Bonchev–Trinajstić information content (AvgIpc) is 3.42. The summed E-state index contributed by atoms with van der Waals surface area (Å²) < 4.78 is 29.0. The van der Waals surface area contributed by atoms with Crippen LogP contribution in [0, 0.1) is 5.92 Å². The maximum Gasteiger partial charge on any atom is 0.326 e. The predicted octanol–water partition coefficient (Wildman–Crippen LogP) is -0.244. The van der Waals surface area contributed by atoms with Crippen LogP contribution in [0.1, 0.15) is 58.1 Å². The fourth-order valence-electron chi connectivity index (χ4n) is 4.42. The Morgan fingerprint density at radius 2 is 1.89 bits per heavy atom. The third-order valence-corrected chi connectivity index (χ3v) is 8.02. The van der Waals surface area contributed by atoms with Crippen LogP contribution in [0.2, 0.25) is 0 Å². The van der Waals surface area contributed by atoms with Crippen LogP contribution in [-0.2, 0) is 10.0 Å². The molecule has 13 nitrogen and oxygen atoms in total. The van der Waals surface area contributed by atoms with Gasteiger partial charge in [-0.25, -0.2) is 22.9 Å². The second kappa shape index (κ2) is 9.65. The first-order valence-corrected chi connectivity index (χ1v) is 13.9. The summed E-state index contributed by atoms with van der Waals surface area (Å²) in [6.07, 6.45) is 8.17. The highest BCUT2D eigenvalue weighted by Crippen LogP contribution is 2.23. The number of fused-ring (bicyclic) bond motifs is 1. The fourth-order valence-corrected chi connectivity index (χ4v) is 6.14. The van der Waals surface area contributed by atoms with Crippen LogP contribution in [0.15, 0.2) is 16.0 Å². The lowest BCUT2D eigenvalue weighted by Crippen LogP contribution is -2.42. The second-order valence-electron chi connectivity index (χ2n) is 10.0. The van der Waals surface area contributed by atoms with Gasteiger partial charge in [0.25, 0.3) is 5.62 Å². The van der Waals surface area contributed by atoms with Crippen molar-refractivity contribution in [2.24, 2.45) is 10.9 Å². The summed E-state index contributed by atoms with van der Waals surface area (Å²) in [6, 6.07) is 0.238. The number of hydrogen-bond acceptors (Lipinski definition) is 9. The second-order valence-corrected chi connectivity index (χ2v) is 11.8. The zero-order valence-corrected chi connectivity index (χ0v) is 21.0. The normalized spacial score (nSPS) is 22.1. The van der Waals surface area contributed by atoms with Gasteiger partial charge in [-0.2, -0.15) is 19.6 Å². The van der Waals surface area contributed by atoms with Gasteiger partial charge in [-0.1, -0.05) is 13.8 Å². The summed E-state index contributed by atoms with van der Waals surface area (Å²) in [6.45, 7) is 3.79. The number of sulfonamides is 1. The maximum atomic E-state index is 12.3. The van der Waals surface area contributed by atoms with E-state index in [0.717, 1.165) is 38.5 Å². The Morgan fingerprint density at radius 1 is 1.17 bits per heavy atom. The van der Waals surface area contributed by atoms with E-state index in [1.54, 1.807) is 16.8 Å². The van der Waals surface area contributed by atoms with E-state index in [1.165, 1.54) is 0 Å². The fraction of sp³-hybridized carbons (Fsp3) is 0.591. The molecule has 3 heterocycles. The Bertz CT molecular complexity index is 1530. The Morgan fingerprint density at radius 3 is 2.53 bits per heavy atom. The minimum Gasteiger partial charge on any atom is -0.493 e. The van der Waals surface area contributed by atoms with Crippen molar-refractivity contribution >= 4 is 27.7 Å². The van der Waals surface area contributed by atoms with Gasteiger partial charge >= 0.3 is 5.69 Å². The smallest absolute Gasteiger partial charge is 0.326 e. The van der Waals surface area contributed by atoms with Crippen LogP contribution in [-0.4, -0.2) is 67.0 Å². The minimum absolute atomic E-state index is 0.0668. The first kappa shape index (κ1) is 24.4. The molecule has 0 saturated heterocycles. The van der Waals surface area contributed by atoms with Crippen LogP contribution >= 0.6 is 0 Å². The number of aromatic amines is 2. The molecule has 2 aliphatic rings. The third kappa shape index (κ3) is 5.75. The molecule has 0 bridgehead atoms. The van der Waals surface area contributed by atoms with Gasteiger partial charge in [0.2, 0.25) is 21.9 Å². The van der Waals surface area contributed by atoms with Crippen molar-refractivity contribution in [1.82, 2.24) is 34.3 Å². The van der Waals surface area contributed by atoms with Crippen molar-refractivity contribution < 1.29 is 13.5 Å². The number of imidazole rings is 1. The number of nitrogens with zero attached hydrogens (tertiary/aromatic N) is 5. The molecule has 5 rings (SSSR count). The number of hydrogen-bond donors (Lipinski definition) is 5. The average molecular weight is 518 g/mol. The zero-order valence-electron chi connectivity index (χ0n) is 20.2. The standard InChI is InChI=1S/C22H31N9O4S/c1-12(2)11-36(34,35)30-16-7-5-14(6-8-16)24-20-27-18-13(9-17-19(32)28-22(33)26-17)10-23-31(18)21(29-20)25-15-3-4-15/h9-10,12,14-16,30,32H,3-8,11H2,1-2H3,(H,24,25,29)(H2,26,28,33)/b13-9+. The van der Waals surface area contributed by atoms with Crippen molar-refractivity contribution in [3.8, 4) is 5.88 Å². The number of aromatic nitrogens is 6. The van der Waals surface area contributed by atoms with Crippen molar-refractivity contribution in [2.45, 2.75) is 70.5 Å². The van der Waals surface area contributed by atoms with E-state index in [9.17, 15) is 18.3 Å². The summed E-state index contributed by atoms with van der Waals surface area (Å²) in [7, 11) is -3.28. The van der Waals surface area contributed by atoms with Crippen molar-refractivity contribution in [3.05, 3.63) is 33.2 Å². The molecule has 3 aromatic heterocycles. The molecule has 0 atom stereocenters. The lowest BCUT2D eigenvalue weighted by atomic mass is 9.92. The SMILES string of the molecule is CC(C)CS(=O)(=O)NC1CCC(Nc2nc(=NC3CC3)n3nc/c(=C\c4[nH]c(=O)[nH]c4O)c3n2)CC1. The Balaban J connectivity index is 1.38. The topological polar surface area (TPSA) is 183 Å². The van der Waals surface area contributed by atoms with Crippen LogP contribution in [0.5, 0.6) is 5.88 Å². The number of anilines is 1. The molecule has 2 aliphatic carbocycles. The van der Waals surface area contributed by atoms with E-state index in [2.05, 4.69) is 40.1 Å². The highest BCUT2D eigenvalue weighted by atomic mass is 32.2.